The van der Waals surface area contributed by atoms with Crippen LogP contribution in [0, 0.1) is 23.0 Å². The van der Waals surface area contributed by atoms with E-state index in [4.69, 9.17) is 0 Å². The van der Waals surface area contributed by atoms with Crippen LogP contribution >= 0.6 is 0 Å². The van der Waals surface area contributed by atoms with E-state index < -0.39 is 68.2 Å². The van der Waals surface area contributed by atoms with Gasteiger partial charge in [0.25, 0.3) is 0 Å². The molecular formula is C21H19F5N4O3S. The van der Waals surface area contributed by atoms with Gasteiger partial charge in [0.15, 0.2) is 9.84 Å². The van der Waals surface area contributed by atoms with Gasteiger partial charge in [-0.1, -0.05) is 12.1 Å². The molecule has 2 aromatic rings. The van der Waals surface area contributed by atoms with Crippen LogP contribution in [-0.2, 0) is 20.4 Å². The molecule has 1 saturated carbocycles. The number of nitriles is 1. The Morgan fingerprint density at radius 3 is 2.24 bits per heavy atom. The summed E-state index contributed by atoms with van der Waals surface area (Å²) in [6.07, 6.45) is -3.64. The quantitative estimate of drug-likeness (QED) is 0.510. The molecule has 0 saturated heterocycles. The van der Waals surface area contributed by atoms with Crippen LogP contribution in [0.1, 0.15) is 30.1 Å². The first-order valence-electron chi connectivity index (χ1n) is 9.95. The van der Waals surface area contributed by atoms with Crippen LogP contribution in [-0.4, -0.2) is 42.8 Å². The molecule has 1 amide bonds. The third kappa shape index (κ3) is 6.71. The maximum absolute atomic E-state index is 13.8. The number of sulfone groups is 1. The van der Waals surface area contributed by atoms with Crippen molar-refractivity contribution in [3.05, 3.63) is 65.5 Å². The molecule has 0 bridgehead atoms. The predicted molar refractivity (Wildman–Crippen MR) is 110 cm³/mol. The predicted octanol–water partition coefficient (Wildman–Crippen LogP) is 2.71. The van der Waals surface area contributed by atoms with Crippen molar-refractivity contribution in [3.63, 3.8) is 0 Å². The van der Waals surface area contributed by atoms with Crippen molar-refractivity contribution in [1.29, 1.82) is 5.26 Å². The topological polar surface area (TPSA) is 112 Å². The van der Waals surface area contributed by atoms with Crippen molar-refractivity contribution in [2.24, 2.45) is 0 Å². The Morgan fingerprint density at radius 1 is 1.12 bits per heavy atom. The highest BCUT2D eigenvalue weighted by molar-refractivity contribution is 7.90. The van der Waals surface area contributed by atoms with Crippen LogP contribution in [0.3, 0.4) is 0 Å². The lowest BCUT2D eigenvalue weighted by Gasteiger charge is -2.28. The minimum absolute atomic E-state index is 0.0675. The highest BCUT2D eigenvalue weighted by atomic mass is 32.2. The summed E-state index contributed by atoms with van der Waals surface area (Å²) in [6, 6.07) is 2.84. The molecule has 3 rings (SSSR count). The fraction of sp³-hybridized carbons (Fsp3) is 0.381. The maximum Gasteiger partial charge on any atom is 0.407 e. The van der Waals surface area contributed by atoms with Gasteiger partial charge in [-0.15, -0.1) is 0 Å². The number of carbonyl (C=O) groups is 1. The minimum atomic E-state index is -4.97. The number of alkyl halides is 3. The smallest absolute Gasteiger partial charge is 0.336 e. The Hall–Kier alpha value is -3.11. The summed E-state index contributed by atoms with van der Waals surface area (Å²) < 4.78 is 93.2. The van der Waals surface area contributed by atoms with Crippen LogP contribution in [0.5, 0.6) is 0 Å². The summed E-state index contributed by atoms with van der Waals surface area (Å²) in [5.74, 6) is -4.41. The average molecular weight is 502 g/mol. The minimum Gasteiger partial charge on any atom is -0.336 e. The molecule has 2 N–H and O–H groups in total. The largest absolute Gasteiger partial charge is 0.407 e. The lowest BCUT2D eigenvalue weighted by atomic mass is 10.0. The number of nitrogens with one attached hydrogen (secondary N) is 2. The number of rotatable bonds is 9. The monoisotopic (exact) mass is 502 g/mol. The van der Waals surface area contributed by atoms with Crippen LogP contribution in [0.15, 0.2) is 42.6 Å². The van der Waals surface area contributed by atoms with Crippen molar-refractivity contribution in [1.82, 2.24) is 15.6 Å². The van der Waals surface area contributed by atoms with E-state index in [1.54, 1.807) is 0 Å². The van der Waals surface area contributed by atoms with Gasteiger partial charge in [0.1, 0.15) is 29.3 Å². The van der Waals surface area contributed by atoms with Gasteiger partial charge in [-0.05, 0) is 42.7 Å². The second-order valence-corrected chi connectivity index (χ2v) is 10.1. The highest BCUT2D eigenvalue weighted by Crippen LogP contribution is 2.35. The average Bonchev–Trinajstić information content (AvgIpc) is 3.52. The lowest BCUT2D eigenvalue weighted by Crippen LogP contribution is -2.54. The number of benzene rings is 1. The highest BCUT2D eigenvalue weighted by Gasteiger charge is 2.48. The molecule has 1 aliphatic carbocycles. The third-order valence-electron chi connectivity index (χ3n) is 5.12. The molecule has 1 aromatic carbocycles. The molecule has 1 fully saturated rings. The number of nitrogens with zero attached hydrogens (tertiary/aromatic N) is 2. The Balaban J connectivity index is 1.88. The summed E-state index contributed by atoms with van der Waals surface area (Å²) in [5, 5.41) is 13.5. The third-order valence-corrected chi connectivity index (χ3v) is 6.70. The van der Waals surface area contributed by atoms with Crippen molar-refractivity contribution in [3.8, 4) is 6.07 Å². The molecule has 0 unspecified atom stereocenters. The van der Waals surface area contributed by atoms with Gasteiger partial charge in [-0.25, -0.2) is 17.2 Å². The van der Waals surface area contributed by atoms with Gasteiger partial charge in [-0.2, -0.15) is 18.4 Å². The summed E-state index contributed by atoms with van der Waals surface area (Å²) in [5.41, 5.74) is -1.77. The van der Waals surface area contributed by atoms with Gasteiger partial charge >= 0.3 is 6.18 Å². The van der Waals surface area contributed by atoms with Crippen molar-refractivity contribution in [2.45, 2.75) is 42.4 Å². The summed E-state index contributed by atoms with van der Waals surface area (Å²) in [4.78, 5) is 16.4. The first-order chi connectivity index (χ1) is 15.8. The second kappa shape index (κ2) is 9.63. The normalized spacial score (nSPS) is 16.8. The van der Waals surface area contributed by atoms with E-state index in [0.29, 0.717) is 0 Å². The Bertz CT molecular complexity index is 1170. The molecule has 34 heavy (non-hydrogen) atoms. The van der Waals surface area contributed by atoms with E-state index in [2.05, 4.69) is 10.3 Å². The number of aromatic nitrogens is 1. The van der Waals surface area contributed by atoms with Crippen molar-refractivity contribution in [2.75, 3.05) is 5.75 Å². The molecule has 0 spiro atoms. The van der Waals surface area contributed by atoms with Crippen LogP contribution in [0.25, 0.3) is 0 Å². The molecule has 1 aliphatic rings. The van der Waals surface area contributed by atoms with Gasteiger partial charge in [0.05, 0.1) is 29.5 Å². The van der Waals surface area contributed by atoms with E-state index in [0.717, 1.165) is 42.6 Å². The number of hydrogen-bond acceptors (Lipinski definition) is 6. The molecule has 0 aliphatic heterocycles. The van der Waals surface area contributed by atoms with E-state index in [-0.39, 0.29) is 18.5 Å². The number of amides is 1. The van der Waals surface area contributed by atoms with Gasteiger partial charge < -0.3 is 5.32 Å². The number of carbonyl (C=O) groups excluding carboxylic acids is 1. The molecule has 7 nitrogen and oxygen atoms in total. The standard InChI is InChI=1S/C21H19F5N4O3S/c22-14-3-1-13(2-4-14)18(21(24,25)26)29-17(19(31)30-20(12-27)7-8-20)11-34(32,33)10-16-6-5-15(23)9-28-16/h1-6,9,17-18,29H,7-8,10-11H2,(H,30,31)/t17-,18-/m0/s1. The SMILES string of the molecule is N#CC1(NC(=O)[C@H](CS(=O)(=O)Cc2ccc(F)cn2)N[C@@H](c2ccc(F)cc2)C(F)(F)F)CC1. The van der Waals surface area contributed by atoms with Gasteiger partial charge in [0, 0.05) is 0 Å². The number of halogens is 5. The first-order valence-corrected chi connectivity index (χ1v) is 11.8. The zero-order valence-corrected chi connectivity index (χ0v) is 18.3. The fourth-order valence-electron chi connectivity index (χ4n) is 3.18. The van der Waals surface area contributed by atoms with Crippen LogP contribution < -0.4 is 10.6 Å². The molecule has 0 radical (unpaired) electrons. The molecule has 2 atom stereocenters. The number of pyridine rings is 1. The fourth-order valence-corrected chi connectivity index (χ4v) is 4.67. The Labute approximate surface area is 191 Å². The van der Waals surface area contributed by atoms with Crippen molar-refractivity contribution < 1.29 is 35.2 Å². The zero-order chi connectivity index (χ0) is 25.1. The maximum atomic E-state index is 13.8. The zero-order valence-electron chi connectivity index (χ0n) is 17.4. The van der Waals surface area contributed by atoms with E-state index >= 15 is 0 Å². The van der Waals surface area contributed by atoms with E-state index in [1.165, 1.54) is 0 Å². The molecule has 13 heteroatoms. The van der Waals surface area contributed by atoms with E-state index in [1.807, 2.05) is 11.4 Å². The molecule has 1 aromatic heterocycles. The van der Waals surface area contributed by atoms with Gasteiger partial charge in [0.2, 0.25) is 5.91 Å². The van der Waals surface area contributed by atoms with Crippen molar-refractivity contribution >= 4 is 15.7 Å². The lowest BCUT2D eigenvalue weighted by molar-refractivity contribution is -0.160. The van der Waals surface area contributed by atoms with Gasteiger partial charge in [-0.3, -0.25) is 15.1 Å². The summed E-state index contributed by atoms with van der Waals surface area (Å²) in [7, 11) is -4.23. The molecule has 182 valence electrons. The van der Waals surface area contributed by atoms with Crippen LogP contribution in [0.4, 0.5) is 22.0 Å². The first kappa shape index (κ1) is 25.5. The molecule has 1 heterocycles. The summed E-state index contributed by atoms with van der Waals surface area (Å²) >= 11 is 0. The Morgan fingerprint density at radius 2 is 1.74 bits per heavy atom. The summed E-state index contributed by atoms with van der Waals surface area (Å²) in [6.45, 7) is 0. The Kier molecular flexibility index (Phi) is 7.23. The second-order valence-electron chi connectivity index (χ2n) is 7.95. The van der Waals surface area contributed by atoms with E-state index in [9.17, 15) is 40.4 Å². The number of hydrogen-bond donors (Lipinski definition) is 2. The van der Waals surface area contributed by atoms with Crippen LogP contribution in [0.2, 0.25) is 0 Å². The molecular weight excluding hydrogens is 483 g/mol.